The summed E-state index contributed by atoms with van der Waals surface area (Å²) in [6.07, 6.45) is 0. The van der Waals surface area contributed by atoms with Crippen molar-refractivity contribution in [1.82, 2.24) is 9.97 Å². The van der Waals surface area contributed by atoms with Crippen molar-refractivity contribution in [2.45, 2.75) is 6.92 Å². The third kappa shape index (κ3) is 1.43. The summed E-state index contributed by atoms with van der Waals surface area (Å²) in [6.45, 7) is 1.79. The molecular weight excluding hydrogens is 172 g/mol. The molecule has 0 unspecified atom stereocenters. The Hall–Kier alpha value is -1.41. The number of aryl methyl sites for hydroxylation is 1. The normalized spacial score (nSPS) is 9.08. The number of nitrogens with one attached hydrogen (secondary N) is 2. The van der Waals surface area contributed by atoms with Gasteiger partial charge < -0.3 is 10.3 Å². The summed E-state index contributed by atoms with van der Waals surface area (Å²) in [5.74, 6) is 1.32. The Morgan fingerprint density at radius 2 is 2.33 bits per heavy atom. The third-order valence-corrected chi connectivity index (χ3v) is 1.70. The number of nitrogens with zero attached hydrogens (tertiary/aromatic N) is 2. The van der Waals surface area contributed by atoms with Crippen LogP contribution < -0.4 is 5.32 Å². The largest absolute Gasteiger partial charge is 0.373 e. The lowest BCUT2D eigenvalue weighted by Gasteiger charge is -2.03. The zero-order chi connectivity index (χ0) is 9.14. The van der Waals surface area contributed by atoms with E-state index in [9.17, 15) is 0 Å². The summed E-state index contributed by atoms with van der Waals surface area (Å²) in [7, 11) is 1.72. The van der Waals surface area contributed by atoms with Gasteiger partial charge in [0.15, 0.2) is 0 Å². The first-order chi connectivity index (χ1) is 5.69. The molecule has 0 spiro atoms. The van der Waals surface area contributed by atoms with Gasteiger partial charge in [0, 0.05) is 7.05 Å². The molecule has 0 saturated heterocycles. The van der Waals surface area contributed by atoms with Gasteiger partial charge in [-0.15, -0.1) is 0 Å². The molecule has 0 aliphatic heterocycles. The monoisotopic (exact) mass is 180 g/mol. The average Bonchev–Trinajstić information content (AvgIpc) is 2.03. The Balaban J connectivity index is 3.47. The Bertz CT molecular complexity index is 387. The number of aromatic nitrogens is 2. The lowest BCUT2D eigenvalue weighted by molar-refractivity contribution is 1.03. The fourth-order valence-electron chi connectivity index (χ4n) is 0.878. The van der Waals surface area contributed by atoms with E-state index < -0.39 is 0 Å². The molecule has 0 aromatic carbocycles. The van der Waals surface area contributed by atoms with Gasteiger partial charge in [-0.05, 0) is 6.92 Å². The fraction of sp³-hybridized carbons (Fsp3) is 0.286. The predicted octanol–water partition coefficient (Wildman–Crippen LogP) is 1.36. The quantitative estimate of drug-likeness (QED) is 0.640. The molecule has 0 bridgehead atoms. The van der Waals surface area contributed by atoms with Crippen molar-refractivity contribution in [1.29, 1.82) is 5.26 Å². The van der Waals surface area contributed by atoms with Crippen LogP contribution in [0.3, 0.4) is 0 Å². The molecule has 0 aliphatic carbocycles. The number of hydrogen-bond donors (Lipinski definition) is 2. The maximum absolute atomic E-state index is 8.70. The van der Waals surface area contributed by atoms with Crippen LogP contribution in [0.2, 0.25) is 0 Å². The zero-order valence-corrected chi connectivity index (χ0v) is 7.62. The van der Waals surface area contributed by atoms with Gasteiger partial charge in [0.25, 0.3) is 0 Å². The SMILES string of the molecule is CNc1[nH]c(C)nc(=S)c1C#N. The smallest absolute Gasteiger partial charge is 0.149 e. The van der Waals surface area contributed by atoms with Crippen LogP contribution in [-0.4, -0.2) is 17.0 Å². The number of nitriles is 1. The van der Waals surface area contributed by atoms with Gasteiger partial charge in [0.05, 0.1) is 0 Å². The number of anilines is 1. The Kier molecular flexibility index (Phi) is 2.41. The van der Waals surface area contributed by atoms with Gasteiger partial charge >= 0.3 is 0 Å². The molecule has 12 heavy (non-hydrogen) atoms. The number of H-pyrrole nitrogens is 1. The first kappa shape index (κ1) is 8.68. The highest BCUT2D eigenvalue weighted by molar-refractivity contribution is 7.71. The van der Waals surface area contributed by atoms with Crippen LogP contribution >= 0.6 is 12.2 Å². The molecule has 62 valence electrons. The van der Waals surface area contributed by atoms with E-state index in [2.05, 4.69) is 15.3 Å². The zero-order valence-electron chi connectivity index (χ0n) is 6.80. The molecule has 1 rings (SSSR count). The van der Waals surface area contributed by atoms with Gasteiger partial charge in [0.1, 0.15) is 27.9 Å². The summed E-state index contributed by atoms with van der Waals surface area (Å²) in [4.78, 5) is 6.86. The second-order valence-corrected chi connectivity index (χ2v) is 2.63. The Morgan fingerprint density at radius 3 is 2.83 bits per heavy atom. The van der Waals surface area contributed by atoms with Crippen LogP contribution in [0.25, 0.3) is 0 Å². The minimum Gasteiger partial charge on any atom is -0.373 e. The van der Waals surface area contributed by atoms with Gasteiger partial charge in [-0.1, -0.05) is 12.2 Å². The summed E-state index contributed by atoms with van der Waals surface area (Å²) in [5.41, 5.74) is 0.387. The lowest BCUT2D eigenvalue weighted by Crippen LogP contribution is -2.00. The highest BCUT2D eigenvalue weighted by Gasteiger charge is 2.03. The first-order valence-electron chi connectivity index (χ1n) is 3.37. The Labute approximate surface area is 75.3 Å². The molecule has 0 radical (unpaired) electrons. The van der Waals surface area contributed by atoms with Crippen molar-refractivity contribution < 1.29 is 0 Å². The molecule has 0 amide bonds. The topological polar surface area (TPSA) is 64.5 Å². The minimum absolute atomic E-state index is 0.332. The molecule has 1 aromatic rings. The van der Waals surface area contributed by atoms with E-state index in [1.807, 2.05) is 6.07 Å². The number of rotatable bonds is 1. The van der Waals surface area contributed by atoms with E-state index in [4.69, 9.17) is 17.5 Å². The van der Waals surface area contributed by atoms with E-state index in [1.54, 1.807) is 14.0 Å². The second-order valence-electron chi connectivity index (χ2n) is 2.24. The molecule has 0 aliphatic rings. The van der Waals surface area contributed by atoms with Crippen LogP contribution in [0.5, 0.6) is 0 Å². The fourth-order valence-corrected chi connectivity index (χ4v) is 1.16. The maximum atomic E-state index is 8.70. The van der Waals surface area contributed by atoms with Crippen LogP contribution in [0, 0.1) is 22.9 Å². The molecular formula is C7H8N4S. The first-order valence-corrected chi connectivity index (χ1v) is 3.78. The molecule has 0 atom stereocenters. The highest BCUT2D eigenvalue weighted by Crippen LogP contribution is 2.10. The summed E-state index contributed by atoms with van der Waals surface area (Å²) in [6, 6.07) is 1.98. The molecule has 1 aromatic heterocycles. The van der Waals surface area contributed by atoms with E-state index in [1.165, 1.54) is 0 Å². The van der Waals surface area contributed by atoms with Crippen molar-refractivity contribution in [3.8, 4) is 6.07 Å². The summed E-state index contributed by atoms with van der Waals surface area (Å²) < 4.78 is 0.332. The van der Waals surface area contributed by atoms with E-state index in [0.29, 0.717) is 21.8 Å². The van der Waals surface area contributed by atoms with E-state index in [-0.39, 0.29) is 0 Å². The van der Waals surface area contributed by atoms with Crippen LogP contribution in [0.1, 0.15) is 11.4 Å². The average molecular weight is 180 g/mol. The summed E-state index contributed by atoms with van der Waals surface area (Å²) >= 11 is 4.90. The van der Waals surface area contributed by atoms with Crippen LogP contribution in [0.15, 0.2) is 0 Å². The van der Waals surface area contributed by atoms with E-state index >= 15 is 0 Å². The second kappa shape index (κ2) is 3.32. The molecule has 2 N–H and O–H groups in total. The number of hydrogen-bond acceptors (Lipinski definition) is 4. The standard InChI is InChI=1S/C7H8N4S/c1-4-10-6(9-2)5(3-8)7(12)11-4/h1-2H3,(H2,9,10,11,12). The van der Waals surface area contributed by atoms with Crippen molar-refractivity contribution in [3.05, 3.63) is 16.0 Å². The van der Waals surface area contributed by atoms with E-state index in [0.717, 1.165) is 0 Å². The Morgan fingerprint density at radius 1 is 1.67 bits per heavy atom. The van der Waals surface area contributed by atoms with Gasteiger partial charge in [0.2, 0.25) is 0 Å². The molecule has 0 saturated carbocycles. The van der Waals surface area contributed by atoms with Crippen LogP contribution in [-0.2, 0) is 0 Å². The summed E-state index contributed by atoms with van der Waals surface area (Å²) in [5, 5.41) is 11.5. The molecule has 1 heterocycles. The minimum atomic E-state index is 0.332. The van der Waals surface area contributed by atoms with Crippen molar-refractivity contribution in [2.75, 3.05) is 12.4 Å². The predicted molar refractivity (Wildman–Crippen MR) is 48.4 cm³/mol. The molecule has 0 fully saturated rings. The lowest BCUT2D eigenvalue weighted by atomic mass is 10.3. The third-order valence-electron chi connectivity index (χ3n) is 1.40. The number of aromatic amines is 1. The van der Waals surface area contributed by atoms with Gasteiger partial charge in [-0.25, -0.2) is 4.98 Å². The van der Waals surface area contributed by atoms with Gasteiger partial charge in [-0.3, -0.25) is 0 Å². The van der Waals surface area contributed by atoms with Gasteiger partial charge in [-0.2, -0.15) is 5.26 Å². The highest BCUT2D eigenvalue weighted by atomic mass is 32.1. The molecule has 4 nitrogen and oxygen atoms in total. The van der Waals surface area contributed by atoms with Crippen molar-refractivity contribution in [3.63, 3.8) is 0 Å². The maximum Gasteiger partial charge on any atom is 0.149 e. The van der Waals surface area contributed by atoms with Crippen molar-refractivity contribution in [2.24, 2.45) is 0 Å². The molecule has 5 heteroatoms. The van der Waals surface area contributed by atoms with Crippen molar-refractivity contribution >= 4 is 18.0 Å². The van der Waals surface area contributed by atoms with Crippen LogP contribution in [0.4, 0.5) is 5.82 Å².